The number of rotatable bonds is 5. The highest BCUT2D eigenvalue weighted by atomic mass is 79.9. The topological polar surface area (TPSA) is 97.1 Å². The van der Waals surface area contributed by atoms with E-state index in [1.807, 2.05) is 6.92 Å². The molecule has 2 aromatic rings. The molecule has 0 saturated carbocycles. The van der Waals surface area contributed by atoms with Crippen LogP contribution in [0.3, 0.4) is 0 Å². The smallest absolute Gasteiger partial charge is 0.374 e. The van der Waals surface area contributed by atoms with Crippen LogP contribution in [0.25, 0.3) is 0 Å². The number of benzene rings is 1. The highest BCUT2D eigenvalue weighted by molar-refractivity contribution is 9.10. The lowest BCUT2D eigenvalue weighted by Gasteiger charge is -2.33. The van der Waals surface area contributed by atoms with E-state index in [4.69, 9.17) is 9.15 Å². The third kappa shape index (κ3) is 4.62. The Morgan fingerprint density at radius 3 is 2.29 bits per heavy atom. The maximum atomic E-state index is 12.7. The van der Waals surface area contributed by atoms with Gasteiger partial charge in [-0.3, -0.25) is 4.79 Å². The molecule has 0 bridgehead atoms. The second-order valence-electron chi connectivity index (χ2n) is 6.28. The van der Waals surface area contributed by atoms with E-state index < -0.39 is 22.6 Å². The number of piperazine rings is 1. The number of nitrogens with zero attached hydrogens (tertiary/aromatic N) is 2. The Labute approximate surface area is 171 Å². The predicted molar refractivity (Wildman–Crippen MR) is 103 cm³/mol. The number of sulfonamides is 1. The molecule has 3 rings (SSSR count). The Balaban J connectivity index is 1.52. The molecule has 2 heterocycles. The number of carbonyl (C=O) groups excluding carboxylic acids is 2. The normalized spacial score (nSPS) is 15.4. The number of amides is 1. The van der Waals surface area contributed by atoms with Crippen molar-refractivity contribution in [3.63, 3.8) is 0 Å². The average Bonchev–Trinajstić information content (AvgIpc) is 3.13. The van der Waals surface area contributed by atoms with Gasteiger partial charge in [0.1, 0.15) is 0 Å². The minimum atomic E-state index is -3.59. The van der Waals surface area contributed by atoms with Gasteiger partial charge in [-0.25, -0.2) is 13.2 Å². The van der Waals surface area contributed by atoms with Gasteiger partial charge in [-0.05, 0) is 47.1 Å². The molecule has 1 aliphatic heterocycles. The lowest BCUT2D eigenvalue weighted by atomic mass is 10.2. The minimum absolute atomic E-state index is 0.00585. The standard InChI is InChI=1S/C18H19BrN2O6S/c1-13-2-4-14(5-3-13)28(24,25)21-10-8-20(9-11-21)17(22)12-26-18(23)15-6-7-16(19)27-15/h2-7H,8-12H2,1H3. The molecule has 1 fully saturated rings. The second kappa shape index (κ2) is 8.46. The molecule has 0 unspecified atom stereocenters. The summed E-state index contributed by atoms with van der Waals surface area (Å²) in [4.78, 5) is 25.8. The van der Waals surface area contributed by atoms with Gasteiger partial charge in [0.25, 0.3) is 5.91 Å². The zero-order chi connectivity index (χ0) is 20.3. The molecule has 10 heteroatoms. The van der Waals surface area contributed by atoms with Gasteiger partial charge in [-0.2, -0.15) is 4.31 Å². The lowest BCUT2D eigenvalue weighted by Crippen LogP contribution is -2.51. The van der Waals surface area contributed by atoms with Crippen LogP contribution in [0.5, 0.6) is 0 Å². The van der Waals surface area contributed by atoms with Gasteiger partial charge in [0.05, 0.1) is 4.90 Å². The molecule has 1 aromatic carbocycles. The van der Waals surface area contributed by atoms with Crippen molar-refractivity contribution in [3.05, 3.63) is 52.4 Å². The first-order valence-electron chi connectivity index (χ1n) is 8.54. The predicted octanol–water partition coefficient (Wildman–Crippen LogP) is 2.04. The Hall–Kier alpha value is -2.17. The molecule has 0 radical (unpaired) electrons. The van der Waals surface area contributed by atoms with Crippen LogP contribution in [-0.4, -0.2) is 62.3 Å². The zero-order valence-corrected chi connectivity index (χ0v) is 17.5. The molecule has 1 saturated heterocycles. The molecule has 1 amide bonds. The van der Waals surface area contributed by atoms with Gasteiger partial charge in [-0.1, -0.05) is 17.7 Å². The Morgan fingerprint density at radius 1 is 1.07 bits per heavy atom. The van der Waals surface area contributed by atoms with Crippen LogP contribution < -0.4 is 0 Å². The summed E-state index contributed by atoms with van der Waals surface area (Å²) < 4.78 is 37.1. The number of carbonyl (C=O) groups is 2. The third-order valence-electron chi connectivity index (χ3n) is 4.35. The zero-order valence-electron chi connectivity index (χ0n) is 15.1. The third-order valence-corrected chi connectivity index (χ3v) is 6.69. The van der Waals surface area contributed by atoms with Crippen molar-refractivity contribution in [1.82, 2.24) is 9.21 Å². The van der Waals surface area contributed by atoms with E-state index in [2.05, 4.69) is 15.9 Å². The van der Waals surface area contributed by atoms with Gasteiger partial charge in [0.2, 0.25) is 15.8 Å². The number of hydrogen-bond donors (Lipinski definition) is 0. The van der Waals surface area contributed by atoms with Gasteiger partial charge < -0.3 is 14.1 Å². The Kier molecular flexibility index (Phi) is 6.21. The van der Waals surface area contributed by atoms with E-state index in [1.165, 1.54) is 15.3 Å². The van der Waals surface area contributed by atoms with E-state index in [9.17, 15) is 18.0 Å². The Bertz CT molecular complexity index is 962. The molecule has 1 aromatic heterocycles. The average molecular weight is 471 g/mol. The summed E-state index contributed by atoms with van der Waals surface area (Å²) in [7, 11) is -3.59. The van der Waals surface area contributed by atoms with Crippen LogP contribution >= 0.6 is 15.9 Å². The first-order valence-corrected chi connectivity index (χ1v) is 10.8. The van der Waals surface area contributed by atoms with Crippen molar-refractivity contribution < 1.29 is 27.2 Å². The first kappa shape index (κ1) is 20.6. The van der Waals surface area contributed by atoms with Gasteiger partial charge in [-0.15, -0.1) is 0 Å². The van der Waals surface area contributed by atoms with E-state index >= 15 is 0 Å². The SMILES string of the molecule is Cc1ccc(S(=O)(=O)N2CCN(C(=O)COC(=O)c3ccc(Br)o3)CC2)cc1. The number of ether oxygens (including phenoxy) is 1. The van der Waals surface area contributed by atoms with Crippen LogP contribution in [0.1, 0.15) is 16.1 Å². The molecule has 0 spiro atoms. The maximum absolute atomic E-state index is 12.7. The molecular weight excluding hydrogens is 452 g/mol. The molecule has 8 nitrogen and oxygen atoms in total. The first-order chi connectivity index (χ1) is 13.3. The van der Waals surface area contributed by atoms with Crippen LogP contribution in [-0.2, 0) is 19.6 Å². The van der Waals surface area contributed by atoms with Crippen molar-refractivity contribution in [3.8, 4) is 0 Å². The number of esters is 1. The molecule has 0 aliphatic carbocycles. The number of halogens is 1. The maximum Gasteiger partial charge on any atom is 0.374 e. The van der Waals surface area contributed by atoms with Crippen molar-refractivity contribution in [2.75, 3.05) is 32.8 Å². The van der Waals surface area contributed by atoms with Crippen LogP contribution in [0.2, 0.25) is 0 Å². The van der Waals surface area contributed by atoms with E-state index in [0.29, 0.717) is 4.67 Å². The van der Waals surface area contributed by atoms with Crippen molar-refractivity contribution in [2.45, 2.75) is 11.8 Å². The molecular formula is C18H19BrN2O6S. The van der Waals surface area contributed by atoms with Gasteiger partial charge in [0.15, 0.2) is 11.3 Å². The number of aryl methyl sites for hydroxylation is 1. The second-order valence-corrected chi connectivity index (χ2v) is 9.00. The van der Waals surface area contributed by atoms with E-state index in [0.717, 1.165) is 5.56 Å². The highest BCUT2D eigenvalue weighted by Gasteiger charge is 2.30. The molecule has 28 heavy (non-hydrogen) atoms. The lowest BCUT2D eigenvalue weighted by molar-refractivity contribution is -0.135. The summed E-state index contributed by atoms with van der Waals surface area (Å²) in [5.74, 6) is -1.13. The van der Waals surface area contributed by atoms with Crippen molar-refractivity contribution in [2.24, 2.45) is 0 Å². The largest absolute Gasteiger partial charge is 0.450 e. The van der Waals surface area contributed by atoms with Crippen LogP contribution in [0, 0.1) is 6.92 Å². The van der Waals surface area contributed by atoms with Crippen molar-refractivity contribution >= 4 is 37.8 Å². The molecule has 1 aliphatic rings. The monoisotopic (exact) mass is 470 g/mol. The van der Waals surface area contributed by atoms with Crippen molar-refractivity contribution in [1.29, 1.82) is 0 Å². The molecule has 0 N–H and O–H groups in total. The summed E-state index contributed by atoms with van der Waals surface area (Å²) in [6.07, 6.45) is 0. The highest BCUT2D eigenvalue weighted by Crippen LogP contribution is 2.18. The minimum Gasteiger partial charge on any atom is -0.450 e. The summed E-state index contributed by atoms with van der Waals surface area (Å²) in [6, 6.07) is 9.64. The fraction of sp³-hybridized carbons (Fsp3) is 0.333. The number of hydrogen-bond acceptors (Lipinski definition) is 6. The fourth-order valence-corrected chi connectivity index (χ4v) is 4.48. The van der Waals surface area contributed by atoms with E-state index in [-0.39, 0.29) is 42.7 Å². The van der Waals surface area contributed by atoms with Gasteiger partial charge >= 0.3 is 5.97 Å². The summed E-state index contributed by atoms with van der Waals surface area (Å²) >= 11 is 3.08. The fourth-order valence-electron chi connectivity index (χ4n) is 2.75. The Morgan fingerprint density at radius 2 is 1.71 bits per heavy atom. The quantitative estimate of drug-likeness (QED) is 0.620. The van der Waals surface area contributed by atoms with Crippen LogP contribution in [0.4, 0.5) is 0 Å². The number of furan rings is 1. The molecule has 150 valence electrons. The van der Waals surface area contributed by atoms with E-state index in [1.54, 1.807) is 30.3 Å². The van der Waals surface area contributed by atoms with Crippen LogP contribution in [0.15, 0.2) is 50.4 Å². The summed E-state index contributed by atoms with van der Waals surface area (Å²) in [5, 5.41) is 0. The van der Waals surface area contributed by atoms with Gasteiger partial charge in [0, 0.05) is 26.2 Å². The molecule has 0 atom stereocenters. The summed E-state index contributed by atoms with van der Waals surface area (Å²) in [6.45, 7) is 2.28. The summed E-state index contributed by atoms with van der Waals surface area (Å²) in [5.41, 5.74) is 0.978.